The summed E-state index contributed by atoms with van der Waals surface area (Å²) in [7, 11) is 0. The number of alkyl carbamates (subject to hydrolysis) is 1. The van der Waals surface area contributed by atoms with Crippen LogP contribution in [0.25, 0.3) is 0 Å². The van der Waals surface area contributed by atoms with Gasteiger partial charge in [-0.1, -0.05) is 19.8 Å². The third-order valence-electron chi connectivity index (χ3n) is 2.54. The van der Waals surface area contributed by atoms with Crippen molar-refractivity contribution in [3.05, 3.63) is 0 Å². The maximum atomic E-state index is 11.4. The van der Waals surface area contributed by atoms with Gasteiger partial charge in [0.1, 0.15) is 6.04 Å². The number of ether oxygens (including phenoxy) is 1. The minimum Gasteiger partial charge on any atom is -0.480 e. The highest BCUT2D eigenvalue weighted by Crippen LogP contribution is 1.99. The molecular formula is C12H23N3O5. The lowest BCUT2D eigenvalue weighted by Crippen LogP contribution is -2.41. The summed E-state index contributed by atoms with van der Waals surface area (Å²) < 4.78 is 4.87. The fourth-order valence-corrected chi connectivity index (χ4v) is 1.48. The van der Waals surface area contributed by atoms with Crippen molar-refractivity contribution >= 4 is 18.1 Å². The predicted molar refractivity (Wildman–Crippen MR) is 72.3 cm³/mol. The van der Waals surface area contributed by atoms with Crippen molar-refractivity contribution in [1.29, 1.82) is 0 Å². The molecule has 0 bridgehead atoms. The Bertz CT molecular complexity index is 322. The monoisotopic (exact) mass is 289 g/mol. The van der Waals surface area contributed by atoms with E-state index < -0.39 is 24.1 Å². The second-order valence-electron chi connectivity index (χ2n) is 4.31. The quantitative estimate of drug-likeness (QED) is 0.442. The first kappa shape index (κ1) is 18.0. The van der Waals surface area contributed by atoms with Crippen molar-refractivity contribution in [3.63, 3.8) is 0 Å². The van der Waals surface area contributed by atoms with Gasteiger partial charge >= 0.3 is 18.1 Å². The van der Waals surface area contributed by atoms with Gasteiger partial charge in [-0.2, -0.15) is 0 Å². The smallest absolute Gasteiger partial charge is 0.407 e. The van der Waals surface area contributed by atoms with Gasteiger partial charge in [-0.3, -0.25) is 0 Å². The minimum atomic E-state index is -1.14. The SMILES string of the molecule is CCCCCOC(=O)N[C@H](CCCNC(N)=O)C(=O)O. The zero-order valence-corrected chi connectivity index (χ0v) is 11.7. The number of primary amides is 1. The van der Waals surface area contributed by atoms with E-state index in [4.69, 9.17) is 15.6 Å². The number of carboxylic acids is 1. The first-order valence-corrected chi connectivity index (χ1v) is 6.66. The Morgan fingerprint density at radius 3 is 2.50 bits per heavy atom. The third-order valence-corrected chi connectivity index (χ3v) is 2.54. The normalized spacial score (nSPS) is 11.4. The van der Waals surface area contributed by atoms with Crippen molar-refractivity contribution in [2.24, 2.45) is 5.73 Å². The summed E-state index contributed by atoms with van der Waals surface area (Å²) in [5.41, 5.74) is 4.87. The Labute approximate surface area is 118 Å². The summed E-state index contributed by atoms with van der Waals surface area (Å²) in [5, 5.41) is 13.6. The molecule has 0 aliphatic carbocycles. The lowest BCUT2D eigenvalue weighted by atomic mass is 10.1. The zero-order chi connectivity index (χ0) is 15.4. The molecule has 8 heteroatoms. The highest BCUT2D eigenvalue weighted by molar-refractivity contribution is 5.79. The molecular weight excluding hydrogens is 266 g/mol. The first-order valence-electron chi connectivity index (χ1n) is 6.66. The number of carboxylic acid groups (broad SMARTS) is 1. The zero-order valence-electron chi connectivity index (χ0n) is 11.7. The van der Waals surface area contributed by atoms with E-state index in [1.54, 1.807) is 0 Å². The van der Waals surface area contributed by atoms with Crippen LogP contribution in [0.3, 0.4) is 0 Å². The van der Waals surface area contributed by atoms with Crippen LogP contribution >= 0.6 is 0 Å². The second kappa shape index (κ2) is 10.9. The van der Waals surface area contributed by atoms with Gasteiger partial charge in [0, 0.05) is 6.54 Å². The second-order valence-corrected chi connectivity index (χ2v) is 4.31. The number of rotatable bonds is 10. The fourth-order valence-electron chi connectivity index (χ4n) is 1.48. The Morgan fingerprint density at radius 2 is 1.95 bits per heavy atom. The number of carbonyl (C=O) groups is 3. The molecule has 0 spiro atoms. The lowest BCUT2D eigenvalue weighted by molar-refractivity contribution is -0.139. The molecule has 0 saturated carbocycles. The number of amides is 3. The summed E-state index contributed by atoms with van der Waals surface area (Å²) in [6, 6.07) is -1.71. The number of hydrogen-bond acceptors (Lipinski definition) is 4. The molecule has 0 radical (unpaired) electrons. The van der Waals surface area contributed by atoms with E-state index in [9.17, 15) is 14.4 Å². The van der Waals surface area contributed by atoms with Crippen LogP contribution in [-0.2, 0) is 9.53 Å². The summed E-state index contributed by atoms with van der Waals surface area (Å²) in [4.78, 5) is 32.8. The van der Waals surface area contributed by atoms with Gasteiger partial charge < -0.3 is 26.2 Å². The average Bonchev–Trinajstić information content (AvgIpc) is 2.37. The Hall–Kier alpha value is -1.99. The van der Waals surface area contributed by atoms with E-state index in [-0.39, 0.29) is 19.6 Å². The summed E-state index contributed by atoms with van der Waals surface area (Å²) in [5.74, 6) is -1.14. The van der Waals surface area contributed by atoms with Crippen molar-refractivity contribution < 1.29 is 24.2 Å². The van der Waals surface area contributed by atoms with Crippen LogP contribution in [0, 0.1) is 0 Å². The van der Waals surface area contributed by atoms with Gasteiger partial charge in [-0.15, -0.1) is 0 Å². The van der Waals surface area contributed by atoms with Crippen LogP contribution in [0.4, 0.5) is 9.59 Å². The van der Waals surface area contributed by atoms with Crippen molar-refractivity contribution in [2.75, 3.05) is 13.2 Å². The molecule has 3 amide bonds. The molecule has 0 aliphatic heterocycles. The van der Waals surface area contributed by atoms with E-state index in [1.807, 2.05) is 6.92 Å². The largest absolute Gasteiger partial charge is 0.480 e. The van der Waals surface area contributed by atoms with E-state index in [1.165, 1.54) is 0 Å². The van der Waals surface area contributed by atoms with Gasteiger partial charge in [0.15, 0.2) is 0 Å². The van der Waals surface area contributed by atoms with Crippen LogP contribution in [0.15, 0.2) is 0 Å². The number of nitrogens with one attached hydrogen (secondary N) is 2. The fraction of sp³-hybridized carbons (Fsp3) is 0.750. The maximum absolute atomic E-state index is 11.4. The number of urea groups is 1. The molecule has 5 N–H and O–H groups in total. The number of aliphatic carboxylic acids is 1. The van der Waals surface area contributed by atoms with Crippen molar-refractivity contribution in [3.8, 4) is 0 Å². The van der Waals surface area contributed by atoms with Crippen LogP contribution in [0.2, 0.25) is 0 Å². The molecule has 0 aromatic carbocycles. The van der Waals surface area contributed by atoms with Crippen molar-refractivity contribution in [2.45, 2.75) is 45.1 Å². The van der Waals surface area contributed by atoms with E-state index in [0.717, 1.165) is 19.3 Å². The molecule has 0 fully saturated rings. The predicted octanol–water partition coefficient (Wildman–Crippen LogP) is 0.805. The Morgan fingerprint density at radius 1 is 1.25 bits per heavy atom. The van der Waals surface area contributed by atoms with Gasteiger partial charge in [0.05, 0.1) is 6.61 Å². The number of hydrogen-bond donors (Lipinski definition) is 4. The van der Waals surface area contributed by atoms with E-state index >= 15 is 0 Å². The van der Waals surface area contributed by atoms with Crippen LogP contribution in [0.5, 0.6) is 0 Å². The third kappa shape index (κ3) is 9.98. The molecule has 0 aromatic rings. The van der Waals surface area contributed by atoms with Crippen LogP contribution < -0.4 is 16.4 Å². The summed E-state index contributed by atoms with van der Waals surface area (Å²) >= 11 is 0. The van der Waals surface area contributed by atoms with Crippen LogP contribution in [0.1, 0.15) is 39.0 Å². The van der Waals surface area contributed by atoms with Gasteiger partial charge in [-0.05, 0) is 19.3 Å². The van der Waals surface area contributed by atoms with Gasteiger partial charge in [0.25, 0.3) is 0 Å². The summed E-state index contributed by atoms with van der Waals surface area (Å²) in [6.07, 6.45) is 2.54. The number of nitrogens with two attached hydrogens (primary N) is 1. The molecule has 20 heavy (non-hydrogen) atoms. The van der Waals surface area contributed by atoms with Gasteiger partial charge in [-0.25, -0.2) is 14.4 Å². The molecule has 1 atom stereocenters. The summed E-state index contributed by atoms with van der Waals surface area (Å²) in [6.45, 7) is 2.56. The van der Waals surface area contributed by atoms with Crippen LogP contribution in [-0.4, -0.2) is 42.4 Å². The highest BCUT2D eigenvalue weighted by Gasteiger charge is 2.20. The minimum absolute atomic E-state index is 0.180. The Kier molecular flexibility index (Phi) is 9.81. The molecule has 116 valence electrons. The molecule has 0 aliphatic rings. The van der Waals surface area contributed by atoms with E-state index in [0.29, 0.717) is 6.42 Å². The first-order chi connectivity index (χ1) is 9.47. The topological polar surface area (TPSA) is 131 Å². The molecule has 0 aromatic heterocycles. The van der Waals surface area contributed by atoms with E-state index in [2.05, 4.69) is 10.6 Å². The molecule has 0 rings (SSSR count). The number of unbranched alkanes of at least 4 members (excludes halogenated alkanes) is 2. The lowest BCUT2D eigenvalue weighted by Gasteiger charge is -2.14. The Balaban J connectivity index is 3.91. The van der Waals surface area contributed by atoms with Crippen molar-refractivity contribution in [1.82, 2.24) is 10.6 Å². The maximum Gasteiger partial charge on any atom is 0.407 e. The molecule has 0 saturated heterocycles. The molecule has 0 unspecified atom stereocenters. The molecule has 0 heterocycles. The highest BCUT2D eigenvalue weighted by atomic mass is 16.5. The van der Waals surface area contributed by atoms with Gasteiger partial charge in [0.2, 0.25) is 0 Å². The molecule has 8 nitrogen and oxygen atoms in total. The number of carbonyl (C=O) groups excluding carboxylic acids is 2. The standard InChI is InChI=1S/C12H23N3O5/c1-2-3-4-8-20-12(19)15-9(10(16)17)6-5-7-14-11(13)18/h9H,2-8H2,1H3,(H,15,19)(H,16,17)(H3,13,14,18)/t9-/m1/s1. The average molecular weight is 289 g/mol.